The predicted molar refractivity (Wildman–Crippen MR) is 138 cm³/mol. The van der Waals surface area contributed by atoms with Crippen LogP contribution in [-0.2, 0) is 13.1 Å². The average molecular weight is 476 g/mol. The van der Waals surface area contributed by atoms with Crippen LogP contribution >= 0.6 is 11.6 Å². The van der Waals surface area contributed by atoms with Gasteiger partial charge in [-0.1, -0.05) is 55.8 Å². The Kier molecular flexibility index (Phi) is 7.53. The first-order valence-electron chi connectivity index (χ1n) is 11.6. The monoisotopic (exact) mass is 475 g/mol. The number of aryl methyl sites for hydroxylation is 2. The van der Waals surface area contributed by atoms with Gasteiger partial charge in [0.1, 0.15) is 11.6 Å². The van der Waals surface area contributed by atoms with Crippen molar-refractivity contribution in [2.24, 2.45) is 0 Å². The van der Waals surface area contributed by atoms with Crippen LogP contribution in [0.4, 0.5) is 0 Å². The van der Waals surface area contributed by atoms with Gasteiger partial charge in [0.25, 0.3) is 5.91 Å². The van der Waals surface area contributed by atoms with Crippen LogP contribution < -0.4 is 10.1 Å². The van der Waals surface area contributed by atoms with Gasteiger partial charge in [-0.2, -0.15) is 0 Å². The number of nitrogens with zero attached hydrogens (tertiary/aromatic N) is 2. The van der Waals surface area contributed by atoms with E-state index in [9.17, 15) is 4.79 Å². The van der Waals surface area contributed by atoms with Crippen molar-refractivity contribution in [1.29, 1.82) is 0 Å². The number of hydrogen-bond donors (Lipinski definition) is 1. The zero-order valence-electron chi connectivity index (χ0n) is 19.8. The van der Waals surface area contributed by atoms with Gasteiger partial charge in [0.05, 0.1) is 24.2 Å². The third kappa shape index (κ3) is 5.60. The van der Waals surface area contributed by atoms with Gasteiger partial charge < -0.3 is 14.6 Å². The quantitative estimate of drug-likeness (QED) is 0.280. The molecule has 0 fully saturated rings. The van der Waals surface area contributed by atoms with Gasteiger partial charge in [0.2, 0.25) is 0 Å². The Balaban J connectivity index is 1.44. The lowest BCUT2D eigenvalue weighted by Gasteiger charge is -2.15. The van der Waals surface area contributed by atoms with Gasteiger partial charge in [0.15, 0.2) is 0 Å². The van der Waals surface area contributed by atoms with Crippen molar-refractivity contribution in [1.82, 2.24) is 14.9 Å². The molecule has 1 amide bonds. The molecule has 0 spiro atoms. The molecule has 1 aromatic heterocycles. The molecular weight excluding hydrogens is 446 g/mol. The van der Waals surface area contributed by atoms with Crippen molar-refractivity contribution in [2.45, 2.75) is 46.2 Å². The molecule has 0 aliphatic heterocycles. The molecule has 4 rings (SSSR count). The summed E-state index contributed by atoms with van der Waals surface area (Å²) in [5.41, 5.74) is 4.91. The SMILES string of the molecule is Cc1ccc(C(C)C)c(OCCCn2c(CNC(=O)c3cccc(Cl)c3)nc3ccccc32)c1. The first kappa shape index (κ1) is 23.8. The fourth-order valence-electron chi connectivity index (χ4n) is 4.05. The second kappa shape index (κ2) is 10.7. The summed E-state index contributed by atoms with van der Waals surface area (Å²) < 4.78 is 8.34. The minimum absolute atomic E-state index is 0.176. The second-order valence-electron chi connectivity index (χ2n) is 8.76. The number of fused-ring (bicyclic) bond motifs is 1. The Morgan fingerprint density at radius 2 is 1.91 bits per heavy atom. The third-order valence-corrected chi connectivity index (χ3v) is 6.04. The molecule has 6 heteroatoms. The van der Waals surface area contributed by atoms with E-state index in [1.807, 2.05) is 18.2 Å². The smallest absolute Gasteiger partial charge is 0.251 e. The number of aromatic nitrogens is 2. The van der Waals surface area contributed by atoms with E-state index in [4.69, 9.17) is 21.3 Å². The van der Waals surface area contributed by atoms with E-state index >= 15 is 0 Å². The lowest BCUT2D eigenvalue weighted by molar-refractivity contribution is 0.0949. The zero-order valence-corrected chi connectivity index (χ0v) is 20.6. The maximum absolute atomic E-state index is 12.6. The van der Waals surface area contributed by atoms with Gasteiger partial charge >= 0.3 is 0 Å². The first-order valence-corrected chi connectivity index (χ1v) is 12.0. The molecule has 0 atom stereocenters. The van der Waals surface area contributed by atoms with Crippen molar-refractivity contribution < 1.29 is 9.53 Å². The van der Waals surface area contributed by atoms with E-state index in [0.29, 0.717) is 29.7 Å². The highest BCUT2D eigenvalue weighted by atomic mass is 35.5. The van der Waals surface area contributed by atoms with E-state index in [1.165, 1.54) is 11.1 Å². The molecule has 4 aromatic rings. The summed E-state index contributed by atoms with van der Waals surface area (Å²) >= 11 is 6.03. The van der Waals surface area contributed by atoms with Crippen molar-refractivity contribution in [3.8, 4) is 5.75 Å². The predicted octanol–water partition coefficient (Wildman–Crippen LogP) is 6.52. The number of hydrogen-bond acceptors (Lipinski definition) is 3. The topological polar surface area (TPSA) is 56.1 Å². The van der Waals surface area contributed by atoms with Crippen LogP contribution in [0.25, 0.3) is 11.0 Å². The Morgan fingerprint density at radius 1 is 1.09 bits per heavy atom. The van der Waals surface area contributed by atoms with E-state index in [0.717, 1.165) is 35.6 Å². The molecule has 0 bridgehead atoms. The van der Waals surface area contributed by atoms with Gasteiger partial charge in [-0.15, -0.1) is 0 Å². The molecular formula is C28H30ClN3O2. The highest BCUT2D eigenvalue weighted by Crippen LogP contribution is 2.27. The number of para-hydroxylation sites is 2. The number of nitrogens with one attached hydrogen (secondary N) is 1. The second-order valence-corrected chi connectivity index (χ2v) is 9.20. The van der Waals surface area contributed by atoms with E-state index in [1.54, 1.807) is 24.3 Å². The van der Waals surface area contributed by atoms with Crippen molar-refractivity contribution in [3.05, 3.63) is 94.3 Å². The number of benzene rings is 3. The number of rotatable bonds is 9. The van der Waals surface area contributed by atoms with Crippen molar-refractivity contribution in [3.63, 3.8) is 0 Å². The van der Waals surface area contributed by atoms with Crippen LogP contribution in [0.1, 0.15) is 53.5 Å². The fourth-order valence-corrected chi connectivity index (χ4v) is 4.24. The zero-order chi connectivity index (χ0) is 24.1. The number of imidazole rings is 1. The summed E-state index contributed by atoms with van der Waals surface area (Å²) in [5, 5.41) is 3.51. The van der Waals surface area contributed by atoms with Crippen LogP contribution in [0.3, 0.4) is 0 Å². The molecule has 5 nitrogen and oxygen atoms in total. The summed E-state index contributed by atoms with van der Waals surface area (Å²) in [4.78, 5) is 17.4. The third-order valence-electron chi connectivity index (χ3n) is 5.80. The summed E-state index contributed by atoms with van der Waals surface area (Å²) in [7, 11) is 0. The minimum Gasteiger partial charge on any atom is -0.493 e. The van der Waals surface area contributed by atoms with Crippen molar-refractivity contribution >= 4 is 28.5 Å². The first-order chi connectivity index (χ1) is 16.4. The summed E-state index contributed by atoms with van der Waals surface area (Å²) in [6, 6.07) is 21.4. The molecule has 3 aromatic carbocycles. The number of carbonyl (C=O) groups excluding carboxylic acids is 1. The summed E-state index contributed by atoms with van der Waals surface area (Å²) in [5.74, 6) is 2.00. The highest BCUT2D eigenvalue weighted by molar-refractivity contribution is 6.30. The van der Waals surface area contributed by atoms with Gasteiger partial charge in [-0.25, -0.2) is 4.98 Å². The molecule has 0 saturated heterocycles. The van der Waals surface area contributed by atoms with E-state index < -0.39 is 0 Å². The van der Waals surface area contributed by atoms with Crippen LogP contribution in [0.15, 0.2) is 66.7 Å². The fraction of sp³-hybridized carbons (Fsp3) is 0.286. The average Bonchev–Trinajstić information content (AvgIpc) is 3.17. The van der Waals surface area contributed by atoms with Crippen LogP contribution in [0.5, 0.6) is 5.75 Å². The molecule has 0 radical (unpaired) electrons. The molecule has 34 heavy (non-hydrogen) atoms. The Hall–Kier alpha value is -3.31. The van der Waals surface area contributed by atoms with Crippen molar-refractivity contribution in [2.75, 3.05) is 6.61 Å². The molecule has 1 heterocycles. The van der Waals surface area contributed by atoms with Crippen LogP contribution in [0, 0.1) is 6.92 Å². The molecule has 1 N–H and O–H groups in total. The summed E-state index contributed by atoms with van der Waals surface area (Å²) in [6.45, 7) is 8.11. The van der Waals surface area contributed by atoms with Gasteiger partial charge in [-0.05, 0) is 66.8 Å². The number of ether oxygens (including phenoxy) is 1. The molecule has 0 unspecified atom stereocenters. The lowest BCUT2D eigenvalue weighted by Crippen LogP contribution is -2.25. The number of amides is 1. The Labute approximate surface area is 205 Å². The van der Waals surface area contributed by atoms with Gasteiger partial charge in [0, 0.05) is 17.1 Å². The molecule has 0 aliphatic carbocycles. The Bertz CT molecular complexity index is 1300. The highest BCUT2D eigenvalue weighted by Gasteiger charge is 2.13. The Morgan fingerprint density at radius 3 is 2.71 bits per heavy atom. The molecule has 0 saturated carbocycles. The van der Waals surface area contributed by atoms with Gasteiger partial charge in [-0.3, -0.25) is 4.79 Å². The molecule has 176 valence electrons. The van der Waals surface area contributed by atoms with Crippen LogP contribution in [-0.4, -0.2) is 22.1 Å². The lowest BCUT2D eigenvalue weighted by atomic mass is 10.0. The maximum Gasteiger partial charge on any atom is 0.251 e. The number of halogens is 1. The maximum atomic E-state index is 12.6. The normalized spacial score (nSPS) is 11.2. The van der Waals surface area contributed by atoms with E-state index in [-0.39, 0.29) is 5.91 Å². The molecule has 0 aliphatic rings. The number of carbonyl (C=O) groups is 1. The largest absolute Gasteiger partial charge is 0.493 e. The standard InChI is InChI=1S/C28H30ClN3O2/c1-19(2)23-13-12-20(3)16-26(23)34-15-7-14-32-25-11-5-4-10-24(25)31-27(32)18-30-28(33)21-8-6-9-22(29)17-21/h4-6,8-13,16-17,19H,7,14-15,18H2,1-3H3,(H,30,33). The summed E-state index contributed by atoms with van der Waals surface area (Å²) in [6.07, 6.45) is 0.821. The minimum atomic E-state index is -0.176. The van der Waals surface area contributed by atoms with E-state index in [2.05, 4.69) is 54.9 Å². The van der Waals surface area contributed by atoms with Crippen LogP contribution in [0.2, 0.25) is 5.02 Å².